The fraction of sp³-hybridized carbons (Fsp3) is 0. The van der Waals surface area contributed by atoms with Gasteiger partial charge in [-0.25, -0.2) is 0 Å². The molecule has 2 aromatic carbocycles. The van der Waals surface area contributed by atoms with Gasteiger partial charge in [0.2, 0.25) is 0 Å². The van der Waals surface area contributed by atoms with E-state index in [0.717, 1.165) is 0 Å². The monoisotopic (exact) mass is 306 g/mol. The second kappa shape index (κ2) is 5.15. The molecule has 0 radical (unpaired) electrons. The first-order chi connectivity index (χ1) is 9.65. The molecular formula is C14H8Cl2N2O2. The fourth-order valence-corrected chi connectivity index (χ4v) is 2.21. The molecule has 1 heterocycles. The molecule has 3 aromatic rings. The molecule has 0 aliphatic carbocycles. The summed E-state index contributed by atoms with van der Waals surface area (Å²) in [5.74, 6) is -0.0117. The summed E-state index contributed by atoms with van der Waals surface area (Å²) in [7, 11) is 0. The Hall–Kier alpha value is -2.04. The molecule has 0 fully saturated rings. The van der Waals surface area contributed by atoms with Crippen molar-refractivity contribution in [3.63, 3.8) is 0 Å². The first kappa shape index (κ1) is 13.0. The lowest BCUT2D eigenvalue weighted by Crippen LogP contribution is -2.12. The minimum atomic E-state index is -0.347. The number of carbonyl (C=O) groups is 1. The molecule has 100 valence electrons. The van der Waals surface area contributed by atoms with E-state index in [1.807, 2.05) is 0 Å². The van der Waals surface area contributed by atoms with Gasteiger partial charge in [-0.3, -0.25) is 4.79 Å². The third-order valence-electron chi connectivity index (χ3n) is 2.78. The normalized spacial score (nSPS) is 10.7. The van der Waals surface area contributed by atoms with Gasteiger partial charge in [0.1, 0.15) is 0 Å². The maximum Gasteiger partial charge on any atom is 0.258 e. The number of nitrogens with one attached hydrogen (secondary N) is 1. The van der Waals surface area contributed by atoms with Crippen molar-refractivity contribution in [2.24, 2.45) is 0 Å². The molecule has 1 N–H and O–H groups in total. The number of rotatable bonds is 2. The SMILES string of the molecule is O=C(Nc1noc2cc(Cl)ccc12)c1ccccc1Cl. The summed E-state index contributed by atoms with van der Waals surface area (Å²) in [6, 6.07) is 11.8. The second-order valence-electron chi connectivity index (χ2n) is 4.11. The van der Waals surface area contributed by atoms with E-state index >= 15 is 0 Å². The van der Waals surface area contributed by atoms with Crippen LogP contribution in [0.15, 0.2) is 47.0 Å². The van der Waals surface area contributed by atoms with Crippen molar-refractivity contribution in [1.82, 2.24) is 5.16 Å². The molecular weight excluding hydrogens is 299 g/mol. The number of nitrogens with zero attached hydrogens (tertiary/aromatic N) is 1. The lowest BCUT2D eigenvalue weighted by atomic mass is 10.2. The van der Waals surface area contributed by atoms with Gasteiger partial charge in [0, 0.05) is 11.1 Å². The van der Waals surface area contributed by atoms with Crippen molar-refractivity contribution in [2.75, 3.05) is 5.32 Å². The van der Waals surface area contributed by atoms with Crippen molar-refractivity contribution < 1.29 is 9.32 Å². The number of benzene rings is 2. The van der Waals surface area contributed by atoms with Crippen LogP contribution < -0.4 is 5.32 Å². The highest BCUT2D eigenvalue weighted by Crippen LogP contribution is 2.26. The van der Waals surface area contributed by atoms with Crippen LogP contribution in [0.5, 0.6) is 0 Å². The van der Waals surface area contributed by atoms with E-state index in [9.17, 15) is 4.79 Å². The zero-order valence-corrected chi connectivity index (χ0v) is 11.6. The van der Waals surface area contributed by atoms with Crippen LogP contribution in [0.2, 0.25) is 10.0 Å². The molecule has 0 aliphatic rings. The molecule has 0 atom stereocenters. The van der Waals surface area contributed by atoms with Gasteiger partial charge >= 0.3 is 0 Å². The molecule has 0 saturated carbocycles. The van der Waals surface area contributed by atoms with Crippen LogP contribution in [0.3, 0.4) is 0 Å². The van der Waals surface area contributed by atoms with E-state index in [1.165, 1.54) is 0 Å². The first-order valence-corrected chi connectivity index (χ1v) is 6.51. The minimum absolute atomic E-state index is 0.335. The quantitative estimate of drug-likeness (QED) is 0.764. The Morgan fingerprint density at radius 3 is 2.75 bits per heavy atom. The summed E-state index contributed by atoms with van der Waals surface area (Å²) in [5, 5.41) is 8.08. The van der Waals surface area contributed by atoms with Crippen LogP contribution >= 0.6 is 23.2 Å². The molecule has 1 amide bonds. The van der Waals surface area contributed by atoms with Crippen LogP contribution in [0.1, 0.15) is 10.4 Å². The zero-order chi connectivity index (χ0) is 14.1. The van der Waals surface area contributed by atoms with E-state index < -0.39 is 0 Å². The van der Waals surface area contributed by atoms with Gasteiger partial charge in [-0.1, -0.05) is 40.5 Å². The Morgan fingerprint density at radius 1 is 1.15 bits per heavy atom. The summed E-state index contributed by atoms with van der Waals surface area (Å²) in [4.78, 5) is 12.1. The maximum absolute atomic E-state index is 12.1. The standard InChI is InChI=1S/C14H8Cl2N2O2/c15-8-5-6-10-12(7-8)20-18-13(10)17-14(19)9-3-1-2-4-11(9)16/h1-7H,(H,17,18,19). The first-order valence-electron chi connectivity index (χ1n) is 5.76. The van der Waals surface area contributed by atoms with Gasteiger partial charge < -0.3 is 9.84 Å². The third-order valence-corrected chi connectivity index (χ3v) is 3.35. The number of anilines is 1. The number of halogens is 2. The molecule has 0 saturated heterocycles. The van der Waals surface area contributed by atoms with Crippen molar-refractivity contribution in [3.8, 4) is 0 Å². The van der Waals surface area contributed by atoms with Crippen LogP contribution in [-0.4, -0.2) is 11.1 Å². The molecule has 4 nitrogen and oxygen atoms in total. The summed E-state index contributed by atoms with van der Waals surface area (Å²) in [6.45, 7) is 0. The fourth-order valence-electron chi connectivity index (χ4n) is 1.82. The second-order valence-corrected chi connectivity index (χ2v) is 4.95. The van der Waals surface area contributed by atoms with Crippen molar-refractivity contribution in [2.45, 2.75) is 0 Å². The molecule has 0 aliphatic heterocycles. The van der Waals surface area contributed by atoms with Crippen molar-refractivity contribution >= 4 is 45.9 Å². The Balaban J connectivity index is 1.94. The molecule has 0 unspecified atom stereocenters. The smallest absolute Gasteiger partial charge is 0.258 e. The third kappa shape index (κ3) is 2.35. The van der Waals surface area contributed by atoms with Gasteiger partial charge in [0.05, 0.1) is 16.0 Å². The molecule has 0 spiro atoms. The molecule has 20 heavy (non-hydrogen) atoms. The maximum atomic E-state index is 12.1. The lowest BCUT2D eigenvalue weighted by molar-refractivity contribution is 0.102. The predicted molar refractivity (Wildman–Crippen MR) is 78.4 cm³/mol. The Labute approximate surface area is 124 Å². The van der Waals surface area contributed by atoms with Gasteiger partial charge in [0.25, 0.3) is 5.91 Å². The van der Waals surface area contributed by atoms with Gasteiger partial charge in [-0.05, 0) is 24.3 Å². The van der Waals surface area contributed by atoms with E-state index in [4.69, 9.17) is 27.7 Å². The Morgan fingerprint density at radius 2 is 1.95 bits per heavy atom. The average molecular weight is 307 g/mol. The lowest BCUT2D eigenvalue weighted by Gasteiger charge is -2.03. The van der Waals surface area contributed by atoms with Crippen LogP contribution in [0.4, 0.5) is 5.82 Å². The van der Waals surface area contributed by atoms with Crippen molar-refractivity contribution in [3.05, 3.63) is 58.1 Å². The van der Waals surface area contributed by atoms with Crippen molar-refractivity contribution in [1.29, 1.82) is 0 Å². The van der Waals surface area contributed by atoms with E-state index in [1.54, 1.807) is 42.5 Å². The predicted octanol–water partition coefficient (Wildman–Crippen LogP) is 4.39. The highest BCUT2D eigenvalue weighted by molar-refractivity contribution is 6.34. The Bertz CT molecular complexity index is 799. The number of carbonyl (C=O) groups excluding carboxylic acids is 1. The highest BCUT2D eigenvalue weighted by Gasteiger charge is 2.14. The number of hydrogen-bond acceptors (Lipinski definition) is 3. The van der Waals surface area contributed by atoms with Crippen LogP contribution in [0, 0.1) is 0 Å². The topological polar surface area (TPSA) is 55.1 Å². The highest BCUT2D eigenvalue weighted by atomic mass is 35.5. The van der Waals surface area contributed by atoms with Crippen LogP contribution in [-0.2, 0) is 0 Å². The van der Waals surface area contributed by atoms with E-state index in [-0.39, 0.29) is 5.91 Å². The summed E-state index contributed by atoms with van der Waals surface area (Å²) < 4.78 is 5.11. The number of fused-ring (bicyclic) bond motifs is 1. The summed E-state index contributed by atoms with van der Waals surface area (Å²) in [6.07, 6.45) is 0. The van der Waals surface area contributed by atoms with Gasteiger partial charge in [0.15, 0.2) is 11.4 Å². The molecule has 0 bridgehead atoms. The largest absolute Gasteiger partial charge is 0.354 e. The number of amides is 1. The van der Waals surface area contributed by atoms with Crippen LogP contribution in [0.25, 0.3) is 11.0 Å². The number of hydrogen-bond donors (Lipinski definition) is 1. The van der Waals surface area contributed by atoms with E-state index in [0.29, 0.717) is 32.4 Å². The number of aromatic nitrogens is 1. The Kier molecular flexibility index (Phi) is 3.34. The molecule has 1 aromatic heterocycles. The minimum Gasteiger partial charge on any atom is -0.354 e. The zero-order valence-electron chi connectivity index (χ0n) is 10.1. The average Bonchev–Trinajstić information content (AvgIpc) is 2.81. The molecule has 3 rings (SSSR count). The van der Waals surface area contributed by atoms with Gasteiger partial charge in [-0.2, -0.15) is 0 Å². The van der Waals surface area contributed by atoms with Gasteiger partial charge in [-0.15, -0.1) is 0 Å². The molecule has 6 heteroatoms. The summed E-state index contributed by atoms with van der Waals surface area (Å²) in [5.41, 5.74) is 0.881. The van der Waals surface area contributed by atoms with E-state index in [2.05, 4.69) is 10.5 Å². The summed E-state index contributed by atoms with van der Waals surface area (Å²) >= 11 is 11.8.